The van der Waals surface area contributed by atoms with Crippen molar-refractivity contribution in [3.63, 3.8) is 0 Å². The average molecular weight is 754 g/mol. The highest BCUT2D eigenvalue weighted by Crippen LogP contribution is 2.42. The van der Waals surface area contributed by atoms with E-state index >= 15 is 0 Å². The van der Waals surface area contributed by atoms with Crippen LogP contribution < -0.4 is 10.6 Å². The van der Waals surface area contributed by atoms with Crippen LogP contribution in [0.15, 0.2) is 72.8 Å². The highest BCUT2D eigenvalue weighted by Gasteiger charge is 2.44. The second-order valence-corrected chi connectivity index (χ2v) is 16.7. The SMILES string of the molecule is CC(C)(C)NC(=O)[C@H]1CC[C@H]2CCCC[C@H]2N1C[C@H]1C[C@@H](c2ccc(CO)cc2)O[C@@H](c2cccc(-c3cccc(CNC(=O)CCCCC(=O)O)c3)c2)O1. The number of rotatable bonds is 14. The zero-order valence-electron chi connectivity index (χ0n) is 32.7. The van der Waals surface area contributed by atoms with Crippen LogP contribution in [-0.2, 0) is 37.0 Å². The summed E-state index contributed by atoms with van der Waals surface area (Å²) in [5, 5.41) is 24.8. The molecular weight excluding hydrogens is 695 g/mol. The fourth-order valence-corrected chi connectivity index (χ4v) is 8.57. The van der Waals surface area contributed by atoms with Gasteiger partial charge in [0.2, 0.25) is 11.8 Å². The van der Waals surface area contributed by atoms with Gasteiger partial charge in [0.1, 0.15) is 0 Å². The summed E-state index contributed by atoms with van der Waals surface area (Å²) in [6.45, 7) is 7.12. The van der Waals surface area contributed by atoms with Crippen LogP contribution in [-0.4, -0.2) is 63.2 Å². The number of ether oxygens (including phenoxy) is 2. The lowest BCUT2D eigenvalue weighted by molar-refractivity contribution is -0.255. The Morgan fingerprint density at radius 1 is 0.818 bits per heavy atom. The van der Waals surface area contributed by atoms with Crippen LogP contribution in [0.2, 0.25) is 0 Å². The van der Waals surface area contributed by atoms with Gasteiger partial charge in [0.05, 0.1) is 24.9 Å². The molecule has 0 radical (unpaired) electrons. The molecule has 3 fully saturated rings. The standard InChI is InChI=1S/C45H59N3O7/c1-45(2,3)47-43(53)39-23-22-32-11-4-5-15-38(32)48(39)28-37-26-40(33-20-18-30(29-49)19-21-33)55-44(54-37)36-14-9-13-35(25-36)34-12-8-10-31(24-34)27-46-41(50)16-6-7-17-42(51)52/h8-10,12-14,18-21,24-25,32,37-40,44,49H,4-7,11,15-17,22-23,26-29H2,1-3H3,(H,46,50)(H,47,53)(H,51,52)/t32-,37-,38-,39-,40+,44+/m1/s1. The number of likely N-dealkylation sites (tertiary alicyclic amines) is 1. The van der Waals surface area contributed by atoms with E-state index in [2.05, 4.69) is 33.7 Å². The number of piperidine rings is 1. The lowest BCUT2D eigenvalue weighted by Crippen LogP contribution is -2.61. The Labute approximate surface area is 326 Å². The third-order valence-electron chi connectivity index (χ3n) is 11.3. The zero-order valence-corrected chi connectivity index (χ0v) is 32.7. The van der Waals surface area contributed by atoms with E-state index in [0.29, 0.717) is 50.7 Å². The van der Waals surface area contributed by atoms with Crippen molar-refractivity contribution in [3.8, 4) is 11.1 Å². The Morgan fingerprint density at radius 2 is 1.55 bits per heavy atom. The molecule has 3 aromatic carbocycles. The molecule has 2 saturated heterocycles. The topological polar surface area (TPSA) is 137 Å². The molecule has 2 heterocycles. The summed E-state index contributed by atoms with van der Waals surface area (Å²) in [7, 11) is 0. The van der Waals surface area contributed by atoms with Crippen LogP contribution in [0.4, 0.5) is 0 Å². The fraction of sp³-hybridized carbons (Fsp3) is 0.533. The number of carbonyl (C=O) groups excluding carboxylic acids is 2. The minimum Gasteiger partial charge on any atom is -0.481 e. The predicted molar refractivity (Wildman–Crippen MR) is 212 cm³/mol. The highest BCUT2D eigenvalue weighted by atomic mass is 16.7. The number of aliphatic carboxylic acids is 1. The van der Waals surface area contributed by atoms with Crippen LogP contribution in [0.25, 0.3) is 11.1 Å². The number of hydrogen-bond acceptors (Lipinski definition) is 7. The molecule has 0 bridgehead atoms. The Balaban J connectivity index is 1.22. The van der Waals surface area contributed by atoms with E-state index < -0.39 is 12.3 Å². The Hall–Kier alpha value is -4.09. The number of aliphatic hydroxyl groups excluding tert-OH is 1. The van der Waals surface area contributed by atoms with Crippen molar-refractivity contribution in [2.75, 3.05) is 6.54 Å². The van der Waals surface area contributed by atoms with E-state index in [1.807, 2.05) is 75.4 Å². The molecule has 6 atom stereocenters. The molecule has 10 nitrogen and oxygen atoms in total. The smallest absolute Gasteiger partial charge is 0.303 e. The summed E-state index contributed by atoms with van der Waals surface area (Å²) in [4.78, 5) is 39.5. The predicted octanol–water partition coefficient (Wildman–Crippen LogP) is 7.59. The van der Waals surface area contributed by atoms with Crippen molar-refractivity contribution < 1.29 is 34.1 Å². The van der Waals surface area contributed by atoms with Gasteiger partial charge in [-0.2, -0.15) is 0 Å². The number of amides is 2. The largest absolute Gasteiger partial charge is 0.481 e. The monoisotopic (exact) mass is 753 g/mol. The Bertz CT molecular complexity index is 1760. The van der Waals surface area contributed by atoms with Crippen LogP contribution in [0.1, 0.15) is 126 Å². The number of carbonyl (C=O) groups is 3. The van der Waals surface area contributed by atoms with Gasteiger partial charge in [-0.1, -0.05) is 73.5 Å². The van der Waals surface area contributed by atoms with Crippen molar-refractivity contribution in [1.29, 1.82) is 0 Å². The van der Waals surface area contributed by atoms with E-state index in [4.69, 9.17) is 14.6 Å². The third kappa shape index (κ3) is 11.3. The third-order valence-corrected chi connectivity index (χ3v) is 11.3. The first-order valence-electron chi connectivity index (χ1n) is 20.2. The molecule has 3 aliphatic rings. The van der Waals surface area contributed by atoms with Gasteiger partial charge in [0, 0.05) is 49.5 Å². The normalized spacial score (nSPS) is 24.4. The number of fused-ring (bicyclic) bond motifs is 1. The van der Waals surface area contributed by atoms with Crippen LogP contribution >= 0.6 is 0 Å². The average Bonchev–Trinajstić information content (AvgIpc) is 3.18. The summed E-state index contributed by atoms with van der Waals surface area (Å²) in [5.74, 6) is -0.248. The minimum atomic E-state index is -0.846. The first-order valence-corrected chi connectivity index (χ1v) is 20.2. The van der Waals surface area contributed by atoms with E-state index in [-0.39, 0.29) is 48.6 Å². The van der Waals surface area contributed by atoms with Crippen molar-refractivity contribution in [3.05, 3.63) is 95.1 Å². The molecule has 2 aliphatic heterocycles. The molecule has 4 N–H and O–H groups in total. The molecule has 2 amide bonds. The summed E-state index contributed by atoms with van der Waals surface area (Å²) in [5.41, 5.74) is 5.42. The number of carboxylic acid groups (broad SMARTS) is 1. The molecule has 1 saturated carbocycles. The van der Waals surface area contributed by atoms with Crippen LogP contribution in [0.5, 0.6) is 0 Å². The molecule has 55 heavy (non-hydrogen) atoms. The second-order valence-electron chi connectivity index (χ2n) is 16.7. The first kappa shape index (κ1) is 40.6. The summed E-state index contributed by atoms with van der Waals surface area (Å²) < 4.78 is 13.7. The van der Waals surface area contributed by atoms with Crippen molar-refractivity contribution in [2.24, 2.45) is 5.92 Å². The van der Waals surface area contributed by atoms with E-state index in [1.165, 1.54) is 19.3 Å². The number of carboxylic acids is 1. The van der Waals surface area contributed by atoms with Crippen LogP contribution in [0, 0.1) is 5.92 Å². The molecule has 6 rings (SSSR count). The Kier molecular flexibility index (Phi) is 13.8. The van der Waals surface area contributed by atoms with Gasteiger partial charge >= 0.3 is 5.97 Å². The van der Waals surface area contributed by atoms with Gasteiger partial charge in [-0.05, 0) is 105 Å². The number of hydrogen-bond donors (Lipinski definition) is 4. The van der Waals surface area contributed by atoms with Gasteiger partial charge in [-0.3, -0.25) is 19.3 Å². The molecule has 296 valence electrons. The summed E-state index contributed by atoms with van der Waals surface area (Å²) in [6.07, 6.45) is 7.62. The molecule has 1 aliphatic carbocycles. The van der Waals surface area contributed by atoms with Crippen molar-refractivity contribution in [2.45, 2.75) is 141 Å². The number of unbranched alkanes of at least 4 members (excludes halogenated alkanes) is 1. The maximum atomic E-state index is 13.8. The lowest BCUT2D eigenvalue weighted by Gasteiger charge is -2.50. The molecule has 3 aromatic rings. The molecule has 0 aromatic heterocycles. The minimum absolute atomic E-state index is 0.0232. The molecule has 10 heteroatoms. The molecular formula is C45H59N3O7. The summed E-state index contributed by atoms with van der Waals surface area (Å²) in [6, 6.07) is 24.4. The van der Waals surface area contributed by atoms with E-state index in [9.17, 15) is 19.5 Å². The number of aliphatic hydroxyl groups is 1. The second kappa shape index (κ2) is 18.7. The Morgan fingerprint density at radius 3 is 2.29 bits per heavy atom. The van der Waals surface area contributed by atoms with E-state index in [1.54, 1.807) is 0 Å². The van der Waals surface area contributed by atoms with Gasteiger partial charge in [0.25, 0.3) is 0 Å². The quantitative estimate of drug-likeness (QED) is 0.124. The van der Waals surface area contributed by atoms with E-state index in [0.717, 1.165) is 52.6 Å². The molecule has 0 spiro atoms. The van der Waals surface area contributed by atoms with Gasteiger partial charge in [-0.15, -0.1) is 0 Å². The van der Waals surface area contributed by atoms with Crippen molar-refractivity contribution in [1.82, 2.24) is 15.5 Å². The van der Waals surface area contributed by atoms with Crippen LogP contribution in [0.3, 0.4) is 0 Å². The number of nitrogens with one attached hydrogen (secondary N) is 2. The van der Waals surface area contributed by atoms with Crippen molar-refractivity contribution >= 4 is 17.8 Å². The molecule has 0 unspecified atom stereocenters. The number of nitrogens with zero attached hydrogens (tertiary/aromatic N) is 1. The summed E-state index contributed by atoms with van der Waals surface area (Å²) >= 11 is 0. The van der Waals surface area contributed by atoms with Gasteiger partial charge in [0.15, 0.2) is 6.29 Å². The number of benzene rings is 3. The maximum absolute atomic E-state index is 13.8. The maximum Gasteiger partial charge on any atom is 0.303 e. The zero-order chi connectivity index (χ0) is 39.0. The fourth-order valence-electron chi connectivity index (χ4n) is 8.57. The van der Waals surface area contributed by atoms with Gasteiger partial charge in [-0.25, -0.2) is 0 Å². The first-order chi connectivity index (χ1) is 26.5. The highest BCUT2D eigenvalue weighted by molar-refractivity contribution is 5.82. The van der Waals surface area contributed by atoms with Gasteiger partial charge < -0.3 is 30.3 Å². The lowest BCUT2D eigenvalue weighted by atomic mass is 9.75.